The number of nitrogens with two attached hydrogens (primary N) is 1. The first kappa shape index (κ1) is 16.6. The average molecular weight is 292 g/mol. The molecule has 0 aliphatic heterocycles. The van der Waals surface area contributed by atoms with Gasteiger partial charge in [-0.25, -0.2) is 8.42 Å². The second-order valence-corrected chi connectivity index (χ2v) is 6.62. The van der Waals surface area contributed by atoms with Crippen LogP contribution in [0.1, 0.15) is 0 Å². The van der Waals surface area contributed by atoms with Gasteiger partial charge in [-0.3, -0.25) is 0 Å². The van der Waals surface area contributed by atoms with Crippen LogP contribution in [0.3, 0.4) is 0 Å². The fourth-order valence-corrected chi connectivity index (χ4v) is 1.93. The molecule has 0 aromatic heterocycles. The Balaban J connectivity index is 4.43. The number of thiocarbonyl (C=S) groups is 1. The first-order valence-electron chi connectivity index (χ1n) is 4.66. The van der Waals surface area contributed by atoms with Gasteiger partial charge in [0, 0.05) is 19.3 Å². The number of nitrogens with zero attached hydrogens (tertiary/aromatic N) is 1. The minimum absolute atomic E-state index is 0.00796. The Morgan fingerprint density at radius 1 is 1.47 bits per heavy atom. The maximum absolute atomic E-state index is 12.5. The van der Waals surface area contributed by atoms with Gasteiger partial charge in [-0.1, -0.05) is 12.2 Å². The number of hydrogen-bond donors (Lipinski definition) is 1. The molecule has 0 radical (unpaired) electrons. The predicted octanol–water partition coefficient (Wildman–Crippen LogP) is 0.427. The topological polar surface area (TPSA) is 63.4 Å². The van der Waals surface area contributed by atoms with Crippen molar-refractivity contribution in [2.75, 3.05) is 32.1 Å². The van der Waals surface area contributed by atoms with Gasteiger partial charge in [-0.05, 0) is 7.05 Å². The van der Waals surface area contributed by atoms with Gasteiger partial charge in [-0.15, -0.1) is 0 Å². The lowest BCUT2D eigenvalue weighted by molar-refractivity contribution is -0.158. The van der Waals surface area contributed by atoms with Crippen molar-refractivity contribution in [3.63, 3.8) is 0 Å². The lowest BCUT2D eigenvalue weighted by atomic mass is 10.1. The Morgan fingerprint density at radius 2 is 1.94 bits per heavy atom. The van der Waals surface area contributed by atoms with Crippen molar-refractivity contribution in [2.24, 2.45) is 11.7 Å². The highest BCUT2D eigenvalue weighted by Gasteiger charge is 2.42. The van der Waals surface area contributed by atoms with Crippen LogP contribution >= 0.6 is 12.2 Å². The number of halogens is 3. The van der Waals surface area contributed by atoms with Crippen LogP contribution < -0.4 is 5.73 Å². The van der Waals surface area contributed by atoms with E-state index in [2.05, 4.69) is 12.2 Å². The van der Waals surface area contributed by atoms with Crippen LogP contribution in [0.25, 0.3) is 0 Å². The Morgan fingerprint density at radius 3 is 2.24 bits per heavy atom. The number of sulfone groups is 1. The third kappa shape index (κ3) is 7.50. The van der Waals surface area contributed by atoms with Gasteiger partial charge >= 0.3 is 6.18 Å². The van der Waals surface area contributed by atoms with E-state index < -0.39 is 33.5 Å². The number of rotatable bonds is 6. The zero-order valence-electron chi connectivity index (χ0n) is 9.49. The summed E-state index contributed by atoms with van der Waals surface area (Å²) < 4.78 is 59.2. The maximum Gasteiger partial charge on any atom is 0.399 e. The molecule has 0 saturated heterocycles. The minimum Gasteiger partial charge on any atom is -0.393 e. The van der Waals surface area contributed by atoms with E-state index in [1.807, 2.05) is 0 Å². The quantitative estimate of drug-likeness (QED) is 0.719. The minimum atomic E-state index is -4.51. The fraction of sp³-hybridized carbons (Fsp3) is 0.875. The summed E-state index contributed by atoms with van der Waals surface area (Å²) in [6.07, 6.45) is -3.49. The lowest BCUT2D eigenvalue weighted by Gasteiger charge is -2.24. The maximum atomic E-state index is 12.5. The molecule has 0 aromatic rings. The molecule has 0 heterocycles. The summed E-state index contributed by atoms with van der Waals surface area (Å²) in [6, 6.07) is 0. The highest BCUT2D eigenvalue weighted by atomic mass is 32.2. The first-order valence-corrected chi connectivity index (χ1v) is 7.12. The molecule has 2 N–H and O–H groups in total. The van der Waals surface area contributed by atoms with Crippen LogP contribution in [-0.4, -0.2) is 56.6 Å². The fourth-order valence-electron chi connectivity index (χ4n) is 1.08. The molecule has 4 nitrogen and oxygen atoms in total. The lowest BCUT2D eigenvalue weighted by Crippen LogP contribution is -2.43. The highest BCUT2D eigenvalue weighted by Crippen LogP contribution is 2.27. The van der Waals surface area contributed by atoms with Gasteiger partial charge < -0.3 is 10.6 Å². The predicted molar refractivity (Wildman–Crippen MR) is 63.5 cm³/mol. The molecule has 0 bridgehead atoms. The van der Waals surface area contributed by atoms with E-state index in [4.69, 9.17) is 5.73 Å². The monoisotopic (exact) mass is 292 g/mol. The molecule has 0 rings (SSSR count). The van der Waals surface area contributed by atoms with Gasteiger partial charge in [0.1, 0.15) is 15.8 Å². The van der Waals surface area contributed by atoms with Crippen molar-refractivity contribution >= 4 is 27.0 Å². The summed E-state index contributed by atoms with van der Waals surface area (Å²) in [6.45, 7) is -0.428. The van der Waals surface area contributed by atoms with E-state index in [1.54, 1.807) is 0 Å². The summed E-state index contributed by atoms with van der Waals surface area (Å²) in [7, 11) is -1.81. The Hall–Kier alpha value is -0.410. The molecule has 1 atom stereocenters. The largest absolute Gasteiger partial charge is 0.399 e. The third-order valence-electron chi connectivity index (χ3n) is 2.08. The Labute approximate surface area is 104 Å². The average Bonchev–Trinajstić information content (AvgIpc) is 2.07. The molecule has 102 valence electrons. The van der Waals surface area contributed by atoms with E-state index >= 15 is 0 Å². The second-order valence-electron chi connectivity index (χ2n) is 3.89. The van der Waals surface area contributed by atoms with Gasteiger partial charge in [0.2, 0.25) is 0 Å². The SMILES string of the molecule is CN(CCS(C)(=O)=O)CC(C(N)=S)C(F)(F)F. The smallest absolute Gasteiger partial charge is 0.393 e. The van der Waals surface area contributed by atoms with E-state index in [1.165, 1.54) is 11.9 Å². The summed E-state index contributed by atoms with van der Waals surface area (Å²) in [5, 5.41) is 0. The van der Waals surface area contributed by atoms with E-state index in [0.29, 0.717) is 0 Å². The molecule has 1 unspecified atom stereocenters. The van der Waals surface area contributed by atoms with Gasteiger partial charge in [0.25, 0.3) is 0 Å². The van der Waals surface area contributed by atoms with E-state index in [0.717, 1.165) is 6.26 Å². The normalized spacial score (nSPS) is 14.9. The Bertz CT molecular complexity index is 367. The summed E-state index contributed by atoms with van der Waals surface area (Å²) in [5.74, 6) is -2.12. The van der Waals surface area contributed by atoms with Crippen LogP contribution in [-0.2, 0) is 9.84 Å². The van der Waals surface area contributed by atoms with E-state index in [9.17, 15) is 21.6 Å². The van der Waals surface area contributed by atoms with Crippen LogP contribution in [0.4, 0.5) is 13.2 Å². The molecule has 0 amide bonds. The molecule has 0 aliphatic rings. The Kier molecular flexibility index (Phi) is 5.82. The van der Waals surface area contributed by atoms with Gasteiger partial charge in [0.15, 0.2) is 0 Å². The second kappa shape index (κ2) is 5.96. The van der Waals surface area contributed by atoms with Crippen molar-refractivity contribution in [1.82, 2.24) is 4.90 Å². The number of hydrogen-bond acceptors (Lipinski definition) is 4. The molecule has 0 aliphatic carbocycles. The highest BCUT2D eigenvalue weighted by molar-refractivity contribution is 7.90. The summed E-state index contributed by atoms with van der Waals surface area (Å²) in [4.78, 5) is 0.613. The van der Waals surface area contributed by atoms with Crippen molar-refractivity contribution in [3.05, 3.63) is 0 Å². The molecule has 0 fully saturated rings. The molecule has 17 heavy (non-hydrogen) atoms. The summed E-state index contributed by atoms with van der Waals surface area (Å²) in [5.41, 5.74) is 5.02. The molecular weight excluding hydrogens is 277 g/mol. The van der Waals surface area contributed by atoms with E-state index in [-0.39, 0.29) is 12.3 Å². The molecule has 9 heteroatoms. The molecule has 0 spiro atoms. The van der Waals surface area contributed by atoms with Crippen LogP contribution in [0.15, 0.2) is 0 Å². The first-order chi connectivity index (χ1) is 7.43. The third-order valence-corrected chi connectivity index (χ3v) is 3.29. The standard InChI is InChI=1S/C8H15F3N2O2S2/c1-13(3-4-17(2,14)15)5-6(7(12)16)8(9,10)11/h6H,3-5H2,1-2H3,(H2,12,16). The molecular formula is C8H15F3N2O2S2. The zero-order valence-corrected chi connectivity index (χ0v) is 11.1. The van der Waals surface area contributed by atoms with Crippen LogP contribution in [0, 0.1) is 5.92 Å². The van der Waals surface area contributed by atoms with Crippen molar-refractivity contribution < 1.29 is 21.6 Å². The van der Waals surface area contributed by atoms with Crippen LogP contribution in [0.2, 0.25) is 0 Å². The van der Waals surface area contributed by atoms with Gasteiger partial charge in [0.05, 0.1) is 10.7 Å². The zero-order chi connectivity index (χ0) is 13.9. The van der Waals surface area contributed by atoms with Crippen molar-refractivity contribution in [2.45, 2.75) is 6.18 Å². The number of alkyl halides is 3. The van der Waals surface area contributed by atoms with Crippen LogP contribution in [0.5, 0.6) is 0 Å². The molecule has 0 saturated carbocycles. The van der Waals surface area contributed by atoms with Crippen molar-refractivity contribution in [1.29, 1.82) is 0 Å². The van der Waals surface area contributed by atoms with Crippen molar-refractivity contribution in [3.8, 4) is 0 Å². The molecule has 0 aromatic carbocycles. The van der Waals surface area contributed by atoms with Gasteiger partial charge in [-0.2, -0.15) is 13.2 Å². The summed E-state index contributed by atoms with van der Waals surface area (Å²) >= 11 is 4.35.